The minimum atomic E-state index is -0.424. The lowest BCUT2D eigenvalue weighted by molar-refractivity contribution is -0.152. The Balaban J connectivity index is 1.70. The van der Waals surface area contributed by atoms with Gasteiger partial charge in [-0.25, -0.2) is 0 Å². The van der Waals surface area contributed by atoms with Gasteiger partial charge in [-0.05, 0) is 25.8 Å². The van der Waals surface area contributed by atoms with Gasteiger partial charge in [-0.3, -0.25) is 0 Å². The molecule has 0 bridgehead atoms. The Morgan fingerprint density at radius 1 is 1.24 bits per heavy atom. The van der Waals surface area contributed by atoms with Gasteiger partial charge in [-0.2, -0.15) is 0 Å². The van der Waals surface area contributed by atoms with E-state index in [9.17, 15) is 0 Å². The van der Waals surface area contributed by atoms with Crippen LogP contribution in [0.15, 0.2) is 30.3 Å². The quantitative estimate of drug-likeness (QED) is 0.843. The van der Waals surface area contributed by atoms with Crippen molar-refractivity contribution in [2.45, 2.75) is 44.3 Å². The standard InChI is InChI=1S/C14H19NO2/c1-14(2)16-12-9-15-11(13(12)17-14)8-10-6-4-3-5-7-10/h3-7,11-13,15H,8-9H2,1-2H3/t11-,12?,13?/m1/s1. The Hall–Kier alpha value is -0.900. The number of hydrogen-bond acceptors (Lipinski definition) is 3. The minimum Gasteiger partial charge on any atom is -0.343 e. The van der Waals surface area contributed by atoms with Gasteiger partial charge in [-0.1, -0.05) is 30.3 Å². The minimum absolute atomic E-state index is 0.185. The number of nitrogens with one attached hydrogen (secondary N) is 1. The first-order valence-electron chi connectivity index (χ1n) is 6.27. The number of fused-ring (bicyclic) bond motifs is 1. The second kappa shape index (κ2) is 4.09. The lowest BCUT2D eigenvalue weighted by atomic mass is 10.0. The molecule has 2 heterocycles. The second-order valence-corrected chi connectivity index (χ2v) is 5.34. The van der Waals surface area contributed by atoms with E-state index < -0.39 is 5.79 Å². The third-order valence-corrected chi connectivity index (χ3v) is 3.50. The smallest absolute Gasteiger partial charge is 0.163 e. The molecule has 0 spiro atoms. The molecule has 0 aromatic heterocycles. The first kappa shape index (κ1) is 11.2. The van der Waals surface area contributed by atoms with Gasteiger partial charge in [0.05, 0.1) is 0 Å². The molecule has 3 nitrogen and oxygen atoms in total. The topological polar surface area (TPSA) is 30.5 Å². The molecule has 17 heavy (non-hydrogen) atoms. The summed E-state index contributed by atoms with van der Waals surface area (Å²) in [7, 11) is 0. The van der Waals surface area contributed by atoms with Crippen molar-refractivity contribution in [1.29, 1.82) is 0 Å². The fraction of sp³-hybridized carbons (Fsp3) is 0.571. The third kappa shape index (κ3) is 2.23. The Morgan fingerprint density at radius 3 is 2.76 bits per heavy atom. The summed E-state index contributed by atoms with van der Waals surface area (Å²) in [6.45, 7) is 4.88. The van der Waals surface area contributed by atoms with E-state index in [-0.39, 0.29) is 12.2 Å². The summed E-state index contributed by atoms with van der Waals surface area (Å²) >= 11 is 0. The van der Waals surface area contributed by atoms with Crippen LogP contribution in [0.1, 0.15) is 19.4 Å². The highest BCUT2D eigenvalue weighted by Gasteiger charge is 2.48. The van der Waals surface area contributed by atoms with Crippen LogP contribution in [0.25, 0.3) is 0 Å². The first-order valence-corrected chi connectivity index (χ1v) is 6.27. The van der Waals surface area contributed by atoms with Crippen LogP contribution in [0.2, 0.25) is 0 Å². The van der Waals surface area contributed by atoms with Crippen molar-refractivity contribution in [1.82, 2.24) is 5.32 Å². The van der Waals surface area contributed by atoms with Crippen molar-refractivity contribution in [2.75, 3.05) is 6.54 Å². The van der Waals surface area contributed by atoms with E-state index in [1.165, 1.54) is 5.56 Å². The second-order valence-electron chi connectivity index (χ2n) is 5.34. The van der Waals surface area contributed by atoms with Crippen molar-refractivity contribution >= 4 is 0 Å². The van der Waals surface area contributed by atoms with Gasteiger partial charge in [0.15, 0.2) is 5.79 Å². The fourth-order valence-corrected chi connectivity index (χ4v) is 2.80. The Morgan fingerprint density at radius 2 is 2.00 bits per heavy atom. The van der Waals surface area contributed by atoms with Crippen LogP contribution < -0.4 is 5.32 Å². The molecule has 0 radical (unpaired) electrons. The molecule has 2 unspecified atom stereocenters. The SMILES string of the molecule is CC1(C)OC2CN[C@H](Cc3ccccc3)C2O1. The zero-order valence-corrected chi connectivity index (χ0v) is 10.3. The van der Waals surface area contributed by atoms with Gasteiger partial charge in [-0.15, -0.1) is 0 Å². The van der Waals surface area contributed by atoms with Gasteiger partial charge in [0.25, 0.3) is 0 Å². The normalized spacial score (nSPS) is 34.8. The molecular formula is C14H19NO2. The summed E-state index contributed by atoms with van der Waals surface area (Å²) in [6.07, 6.45) is 1.39. The maximum atomic E-state index is 5.97. The first-order chi connectivity index (χ1) is 8.14. The maximum absolute atomic E-state index is 5.97. The molecule has 2 aliphatic heterocycles. The predicted octanol–water partition coefficient (Wildman–Crippen LogP) is 1.72. The summed E-state index contributed by atoms with van der Waals surface area (Å²) in [4.78, 5) is 0. The zero-order valence-electron chi connectivity index (χ0n) is 10.3. The molecule has 2 saturated heterocycles. The number of hydrogen-bond donors (Lipinski definition) is 1. The predicted molar refractivity (Wildman–Crippen MR) is 65.8 cm³/mol. The molecule has 3 atom stereocenters. The summed E-state index contributed by atoms with van der Waals surface area (Å²) < 4.78 is 11.8. The molecule has 2 aliphatic rings. The molecule has 0 aliphatic carbocycles. The van der Waals surface area contributed by atoms with Gasteiger partial charge in [0.2, 0.25) is 0 Å². The van der Waals surface area contributed by atoms with E-state index in [1.54, 1.807) is 0 Å². The van der Waals surface area contributed by atoms with Gasteiger partial charge in [0.1, 0.15) is 12.2 Å². The highest BCUT2D eigenvalue weighted by molar-refractivity contribution is 5.17. The van der Waals surface area contributed by atoms with Crippen LogP contribution in [0.5, 0.6) is 0 Å². The van der Waals surface area contributed by atoms with E-state index in [0.29, 0.717) is 6.04 Å². The Kier molecular flexibility index (Phi) is 2.69. The molecular weight excluding hydrogens is 214 g/mol. The molecule has 0 saturated carbocycles. The maximum Gasteiger partial charge on any atom is 0.163 e. The monoisotopic (exact) mass is 233 g/mol. The molecule has 1 N–H and O–H groups in total. The molecule has 3 rings (SSSR count). The van der Waals surface area contributed by atoms with Crippen LogP contribution in [-0.4, -0.2) is 30.6 Å². The fourth-order valence-electron chi connectivity index (χ4n) is 2.80. The van der Waals surface area contributed by atoms with E-state index in [2.05, 4.69) is 29.6 Å². The lowest BCUT2D eigenvalue weighted by Crippen LogP contribution is -2.36. The van der Waals surface area contributed by atoms with Crippen LogP contribution in [0.4, 0.5) is 0 Å². The summed E-state index contributed by atoms with van der Waals surface area (Å²) in [5.74, 6) is -0.424. The van der Waals surface area contributed by atoms with Crippen molar-refractivity contribution in [3.05, 3.63) is 35.9 Å². The zero-order chi connectivity index (χ0) is 11.9. The van der Waals surface area contributed by atoms with E-state index in [4.69, 9.17) is 9.47 Å². The average Bonchev–Trinajstić information content (AvgIpc) is 2.77. The van der Waals surface area contributed by atoms with Crippen molar-refractivity contribution in [2.24, 2.45) is 0 Å². The van der Waals surface area contributed by atoms with E-state index in [0.717, 1.165) is 13.0 Å². The Bertz CT molecular complexity index is 390. The highest BCUT2D eigenvalue weighted by Crippen LogP contribution is 2.33. The van der Waals surface area contributed by atoms with Crippen LogP contribution in [0.3, 0.4) is 0 Å². The van der Waals surface area contributed by atoms with Crippen LogP contribution in [0, 0.1) is 0 Å². The average molecular weight is 233 g/mol. The summed E-state index contributed by atoms with van der Waals surface area (Å²) in [6, 6.07) is 10.9. The van der Waals surface area contributed by atoms with Crippen LogP contribution >= 0.6 is 0 Å². The number of ether oxygens (including phenoxy) is 2. The Labute approximate surface area is 102 Å². The summed E-state index contributed by atoms with van der Waals surface area (Å²) in [5, 5.41) is 3.49. The van der Waals surface area contributed by atoms with E-state index >= 15 is 0 Å². The molecule has 1 aromatic rings. The largest absolute Gasteiger partial charge is 0.343 e. The molecule has 2 fully saturated rings. The molecule has 3 heteroatoms. The van der Waals surface area contributed by atoms with Crippen molar-refractivity contribution < 1.29 is 9.47 Å². The highest BCUT2D eigenvalue weighted by atomic mass is 16.8. The lowest BCUT2D eigenvalue weighted by Gasteiger charge is -2.22. The van der Waals surface area contributed by atoms with Crippen LogP contribution in [-0.2, 0) is 15.9 Å². The van der Waals surface area contributed by atoms with Crippen molar-refractivity contribution in [3.8, 4) is 0 Å². The van der Waals surface area contributed by atoms with Gasteiger partial charge in [0, 0.05) is 12.6 Å². The third-order valence-electron chi connectivity index (χ3n) is 3.50. The molecule has 1 aromatic carbocycles. The molecule has 0 amide bonds. The van der Waals surface area contributed by atoms with Crippen molar-refractivity contribution in [3.63, 3.8) is 0 Å². The van der Waals surface area contributed by atoms with Gasteiger partial charge >= 0.3 is 0 Å². The number of rotatable bonds is 2. The van der Waals surface area contributed by atoms with Gasteiger partial charge < -0.3 is 14.8 Å². The van der Waals surface area contributed by atoms with E-state index in [1.807, 2.05) is 19.9 Å². The summed E-state index contributed by atoms with van der Waals surface area (Å²) in [5.41, 5.74) is 1.35. The molecule has 92 valence electrons. The number of benzene rings is 1.